The summed E-state index contributed by atoms with van der Waals surface area (Å²) >= 11 is 7.28. The maximum absolute atomic E-state index is 13.1. The van der Waals surface area contributed by atoms with Gasteiger partial charge in [-0.1, -0.05) is 64.9 Å². The molecule has 0 unspecified atom stereocenters. The van der Waals surface area contributed by atoms with Gasteiger partial charge >= 0.3 is 0 Å². The van der Waals surface area contributed by atoms with Gasteiger partial charge in [0.25, 0.3) is 5.56 Å². The van der Waals surface area contributed by atoms with Crippen LogP contribution >= 0.6 is 22.9 Å². The van der Waals surface area contributed by atoms with Crippen LogP contribution in [0.1, 0.15) is 16.7 Å². The lowest BCUT2D eigenvalue weighted by molar-refractivity contribution is 0.306. The largest absolute Gasteiger partial charge is 0.489 e. The van der Waals surface area contributed by atoms with Crippen LogP contribution in [-0.4, -0.2) is 14.6 Å². The molecule has 0 aliphatic carbocycles. The molecule has 0 aliphatic heterocycles. The molecule has 0 fully saturated rings. The first-order chi connectivity index (χ1) is 15.6. The van der Waals surface area contributed by atoms with Crippen LogP contribution in [0.4, 0.5) is 0 Å². The van der Waals surface area contributed by atoms with Crippen LogP contribution < -0.4 is 14.8 Å². The average Bonchev–Trinajstić information content (AvgIpc) is 3.34. The molecule has 0 amide bonds. The van der Waals surface area contributed by atoms with E-state index in [0.717, 1.165) is 22.4 Å². The molecule has 0 atom stereocenters. The lowest BCUT2D eigenvalue weighted by Gasteiger charge is -2.07. The van der Waals surface area contributed by atoms with Crippen molar-refractivity contribution in [2.24, 2.45) is 0 Å². The minimum Gasteiger partial charge on any atom is -0.489 e. The molecular weight excluding hydrogens is 442 g/mol. The normalized spacial score (nSPS) is 11.9. The second-order valence-corrected chi connectivity index (χ2v) is 8.86. The second kappa shape index (κ2) is 8.57. The molecule has 5 nitrogen and oxygen atoms in total. The van der Waals surface area contributed by atoms with Crippen LogP contribution in [0.5, 0.6) is 5.75 Å². The van der Waals surface area contributed by atoms with E-state index in [4.69, 9.17) is 16.3 Å². The molecule has 2 heterocycles. The summed E-state index contributed by atoms with van der Waals surface area (Å²) in [6.07, 6.45) is 1.85. The summed E-state index contributed by atoms with van der Waals surface area (Å²) in [7, 11) is 0. The van der Waals surface area contributed by atoms with Crippen LogP contribution in [0.15, 0.2) is 77.6 Å². The van der Waals surface area contributed by atoms with Crippen molar-refractivity contribution in [3.05, 3.63) is 109 Å². The van der Waals surface area contributed by atoms with Crippen LogP contribution in [0.25, 0.3) is 22.4 Å². The standard InChI is InChI=1S/C25H18ClN3O2S/c1-16-5-7-17(8-6-16)15-31-21-4-2-3-18(13-21)14-22-24(30)29-23(27-28-25(29)32-22)19-9-11-20(26)12-10-19/h2-14H,15H2,1H3/b22-14+. The van der Waals surface area contributed by atoms with Gasteiger partial charge in [-0.05, 0) is 60.5 Å². The molecule has 158 valence electrons. The van der Waals surface area contributed by atoms with Crippen molar-refractivity contribution in [3.63, 3.8) is 0 Å². The van der Waals surface area contributed by atoms with Crippen LogP contribution in [0.3, 0.4) is 0 Å². The van der Waals surface area contributed by atoms with Gasteiger partial charge in [-0.15, -0.1) is 10.2 Å². The highest BCUT2D eigenvalue weighted by Gasteiger charge is 2.14. The van der Waals surface area contributed by atoms with Gasteiger partial charge < -0.3 is 4.74 Å². The third-order valence-electron chi connectivity index (χ3n) is 5.03. The van der Waals surface area contributed by atoms with E-state index in [9.17, 15) is 4.79 Å². The molecular formula is C25H18ClN3O2S. The maximum atomic E-state index is 13.1. The van der Waals surface area contributed by atoms with Crippen molar-refractivity contribution < 1.29 is 4.74 Å². The van der Waals surface area contributed by atoms with E-state index in [0.29, 0.717) is 26.9 Å². The van der Waals surface area contributed by atoms with Crippen molar-refractivity contribution >= 4 is 34.0 Å². The van der Waals surface area contributed by atoms with Crippen LogP contribution in [0, 0.1) is 6.92 Å². The Kier molecular flexibility index (Phi) is 5.47. The van der Waals surface area contributed by atoms with Crippen molar-refractivity contribution in [2.75, 3.05) is 0 Å². The number of nitrogens with zero attached hydrogens (tertiary/aromatic N) is 3. The molecule has 0 aliphatic rings. The summed E-state index contributed by atoms with van der Waals surface area (Å²) in [5, 5.41) is 8.99. The van der Waals surface area contributed by atoms with E-state index < -0.39 is 0 Å². The molecule has 0 saturated heterocycles. The SMILES string of the molecule is Cc1ccc(COc2cccc(/C=c3/sc4nnc(-c5ccc(Cl)cc5)n4c3=O)c2)cc1. The summed E-state index contributed by atoms with van der Waals surface area (Å²) in [5.41, 5.74) is 3.85. The Hall–Kier alpha value is -3.48. The number of fused-ring (bicyclic) bond motifs is 1. The summed E-state index contributed by atoms with van der Waals surface area (Å²) < 4.78 is 8.06. The van der Waals surface area contributed by atoms with Crippen molar-refractivity contribution in [1.82, 2.24) is 14.6 Å². The number of benzene rings is 3. The second-order valence-electron chi connectivity index (χ2n) is 7.41. The van der Waals surface area contributed by atoms with E-state index in [1.54, 1.807) is 12.1 Å². The number of hydrogen-bond acceptors (Lipinski definition) is 5. The van der Waals surface area contributed by atoms with Crippen molar-refractivity contribution in [2.45, 2.75) is 13.5 Å². The van der Waals surface area contributed by atoms with E-state index in [1.165, 1.54) is 21.3 Å². The Morgan fingerprint density at radius 2 is 1.81 bits per heavy atom. The minimum atomic E-state index is -0.147. The van der Waals surface area contributed by atoms with E-state index in [2.05, 4.69) is 41.4 Å². The van der Waals surface area contributed by atoms with Crippen LogP contribution in [-0.2, 0) is 6.61 Å². The van der Waals surface area contributed by atoms with Gasteiger partial charge in [-0.3, -0.25) is 4.79 Å². The van der Waals surface area contributed by atoms with Gasteiger partial charge in [-0.25, -0.2) is 4.40 Å². The van der Waals surface area contributed by atoms with Gasteiger partial charge in [0.1, 0.15) is 12.4 Å². The quantitative estimate of drug-likeness (QED) is 0.375. The molecule has 3 aromatic carbocycles. The highest BCUT2D eigenvalue weighted by molar-refractivity contribution is 7.15. The molecule has 0 bridgehead atoms. The Balaban J connectivity index is 1.45. The third-order valence-corrected chi connectivity index (χ3v) is 6.24. The molecule has 5 rings (SSSR count). The number of hydrogen-bond donors (Lipinski definition) is 0. The smallest absolute Gasteiger partial charge is 0.276 e. The Labute approximate surface area is 193 Å². The number of aromatic nitrogens is 3. The monoisotopic (exact) mass is 459 g/mol. The lowest BCUT2D eigenvalue weighted by Crippen LogP contribution is -2.23. The van der Waals surface area contributed by atoms with Gasteiger partial charge in [0.05, 0.1) is 4.53 Å². The molecule has 0 N–H and O–H groups in total. The highest BCUT2D eigenvalue weighted by Crippen LogP contribution is 2.20. The van der Waals surface area contributed by atoms with Crippen molar-refractivity contribution in [1.29, 1.82) is 0 Å². The fourth-order valence-electron chi connectivity index (χ4n) is 3.34. The topological polar surface area (TPSA) is 56.5 Å². The third kappa shape index (κ3) is 4.15. The predicted molar refractivity (Wildman–Crippen MR) is 128 cm³/mol. The zero-order valence-corrected chi connectivity index (χ0v) is 18.7. The van der Waals surface area contributed by atoms with E-state index >= 15 is 0 Å². The Morgan fingerprint density at radius 3 is 2.59 bits per heavy atom. The first-order valence-corrected chi connectivity index (χ1v) is 11.2. The number of ether oxygens (including phenoxy) is 1. The first-order valence-electron chi connectivity index (χ1n) is 10.0. The van der Waals surface area contributed by atoms with Gasteiger partial charge in [0, 0.05) is 10.6 Å². The summed E-state index contributed by atoms with van der Waals surface area (Å²) in [6.45, 7) is 2.55. The maximum Gasteiger partial charge on any atom is 0.276 e. The first kappa shape index (κ1) is 20.4. The minimum absolute atomic E-state index is 0.147. The molecule has 2 aromatic heterocycles. The van der Waals surface area contributed by atoms with Crippen LogP contribution in [0.2, 0.25) is 5.02 Å². The highest BCUT2D eigenvalue weighted by atomic mass is 35.5. The lowest BCUT2D eigenvalue weighted by atomic mass is 10.1. The average molecular weight is 460 g/mol. The molecule has 32 heavy (non-hydrogen) atoms. The fraction of sp³-hybridized carbons (Fsp3) is 0.0800. The molecule has 0 spiro atoms. The number of halogens is 1. The predicted octanol–water partition coefficient (Wildman–Crippen LogP) is 4.91. The zero-order valence-electron chi connectivity index (χ0n) is 17.2. The van der Waals surface area contributed by atoms with Gasteiger partial charge in [0.2, 0.25) is 4.96 Å². The van der Waals surface area contributed by atoms with E-state index in [1.807, 2.05) is 42.5 Å². The Morgan fingerprint density at radius 1 is 1.03 bits per heavy atom. The molecule has 0 saturated carbocycles. The number of aryl methyl sites for hydroxylation is 1. The molecule has 5 aromatic rings. The number of rotatable bonds is 5. The zero-order chi connectivity index (χ0) is 22.1. The molecule has 7 heteroatoms. The molecule has 0 radical (unpaired) electrons. The summed E-state index contributed by atoms with van der Waals surface area (Å²) in [4.78, 5) is 13.6. The van der Waals surface area contributed by atoms with Gasteiger partial charge in [0.15, 0.2) is 5.82 Å². The van der Waals surface area contributed by atoms with Gasteiger partial charge in [-0.2, -0.15) is 0 Å². The summed E-state index contributed by atoms with van der Waals surface area (Å²) in [6, 6.07) is 23.1. The van der Waals surface area contributed by atoms with Crippen molar-refractivity contribution in [3.8, 4) is 17.1 Å². The number of thiazole rings is 1. The Bertz CT molecular complexity index is 1510. The summed E-state index contributed by atoms with van der Waals surface area (Å²) in [5.74, 6) is 1.25. The fourth-order valence-corrected chi connectivity index (χ4v) is 4.38. The van der Waals surface area contributed by atoms with E-state index in [-0.39, 0.29) is 5.56 Å².